The number of methoxy groups -OCH3 is 1. The molecule has 0 aromatic heterocycles. The van der Waals surface area contributed by atoms with Gasteiger partial charge < -0.3 is 10.1 Å². The van der Waals surface area contributed by atoms with E-state index in [1.807, 2.05) is 25.2 Å². The van der Waals surface area contributed by atoms with Gasteiger partial charge in [0.15, 0.2) is 11.6 Å². The highest BCUT2D eigenvalue weighted by Gasteiger charge is 2.11. The quantitative estimate of drug-likeness (QED) is 0.850. The van der Waals surface area contributed by atoms with Crippen LogP contribution in [0.1, 0.15) is 11.1 Å². The molecule has 2 aromatic carbocycles. The predicted octanol–water partition coefficient (Wildman–Crippen LogP) is 3.97. The number of hydrogen-bond acceptors (Lipinski definition) is 2. The molecule has 1 atom stereocenters. The van der Waals surface area contributed by atoms with Crippen LogP contribution in [0.3, 0.4) is 0 Å². The monoisotopic (exact) mass is 351 g/mol. The topological polar surface area (TPSA) is 21.3 Å². The van der Waals surface area contributed by atoms with Crippen LogP contribution >= 0.6 is 15.9 Å². The van der Waals surface area contributed by atoms with E-state index in [1.165, 1.54) is 12.7 Å². The first-order chi connectivity index (χ1) is 10.1. The zero-order valence-corrected chi connectivity index (χ0v) is 13.8. The van der Waals surface area contributed by atoms with Gasteiger partial charge in [-0.3, -0.25) is 0 Å². The van der Waals surface area contributed by atoms with Crippen molar-refractivity contribution in [1.82, 2.24) is 5.32 Å². The maximum Gasteiger partial charge on any atom is 0.165 e. The van der Waals surface area contributed by atoms with Gasteiger partial charge in [-0.15, -0.1) is 0 Å². The van der Waals surface area contributed by atoms with Gasteiger partial charge in [-0.2, -0.15) is 0 Å². The Bertz CT molecular complexity index is 586. The molecule has 0 aliphatic heterocycles. The van der Waals surface area contributed by atoms with E-state index < -0.39 is 0 Å². The molecule has 1 N–H and O–H groups in total. The van der Waals surface area contributed by atoms with Gasteiger partial charge in [-0.05, 0) is 55.3 Å². The Morgan fingerprint density at radius 2 is 1.71 bits per heavy atom. The van der Waals surface area contributed by atoms with Crippen LogP contribution in [-0.4, -0.2) is 20.2 Å². The average Bonchev–Trinajstić information content (AvgIpc) is 2.49. The Hall–Kier alpha value is -1.39. The van der Waals surface area contributed by atoms with Gasteiger partial charge in [-0.25, -0.2) is 4.39 Å². The van der Waals surface area contributed by atoms with Crippen LogP contribution in [0.25, 0.3) is 0 Å². The third-order valence-corrected chi connectivity index (χ3v) is 4.03. The van der Waals surface area contributed by atoms with Gasteiger partial charge >= 0.3 is 0 Å². The Kier molecular flexibility index (Phi) is 5.76. The fourth-order valence-electron chi connectivity index (χ4n) is 2.30. The summed E-state index contributed by atoms with van der Waals surface area (Å²) in [6.45, 7) is 0. The van der Waals surface area contributed by atoms with Crippen molar-refractivity contribution in [2.24, 2.45) is 0 Å². The molecule has 0 saturated carbocycles. The summed E-state index contributed by atoms with van der Waals surface area (Å²) in [7, 11) is 3.41. The van der Waals surface area contributed by atoms with E-state index in [2.05, 4.69) is 33.4 Å². The normalized spacial score (nSPS) is 12.2. The summed E-state index contributed by atoms with van der Waals surface area (Å²) in [5.41, 5.74) is 2.22. The maximum atomic E-state index is 13.7. The van der Waals surface area contributed by atoms with E-state index in [4.69, 9.17) is 4.74 Å². The zero-order valence-electron chi connectivity index (χ0n) is 12.2. The molecule has 0 radical (unpaired) electrons. The number of ether oxygens (including phenoxy) is 1. The summed E-state index contributed by atoms with van der Waals surface area (Å²) in [6.07, 6.45) is 1.67. The van der Waals surface area contributed by atoms with Gasteiger partial charge in [0, 0.05) is 10.5 Å². The second-order valence-electron chi connectivity index (χ2n) is 4.99. The molecule has 2 rings (SSSR count). The molecule has 0 amide bonds. The highest BCUT2D eigenvalue weighted by atomic mass is 79.9. The van der Waals surface area contributed by atoms with E-state index in [-0.39, 0.29) is 17.6 Å². The molecular weight excluding hydrogens is 333 g/mol. The molecule has 0 heterocycles. The summed E-state index contributed by atoms with van der Waals surface area (Å²) in [4.78, 5) is 0. The minimum Gasteiger partial charge on any atom is -0.494 e. The first-order valence-electron chi connectivity index (χ1n) is 6.86. The molecule has 2 aromatic rings. The largest absolute Gasteiger partial charge is 0.494 e. The lowest BCUT2D eigenvalue weighted by Gasteiger charge is -2.17. The van der Waals surface area contributed by atoms with Gasteiger partial charge in [0.2, 0.25) is 0 Å². The number of benzene rings is 2. The van der Waals surface area contributed by atoms with Crippen molar-refractivity contribution < 1.29 is 9.13 Å². The minimum absolute atomic E-state index is 0.263. The molecule has 0 fully saturated rings. The Morgan fingerprint density at radius 3 is 2.29 bits per heavy atom. The molecule has 4 heteroatoms. The van der Waals surface area contributed by atoms with E-state index in [1.54, 1.807) is 12.1 Å². The smallest absolute Gasteiger partial charge is 0.165 e. The summed E-state index contributed by atoms with van der Waals surface area (Å²) in [5, 5.41) is 3.30. The van der Waals surface area contributed by atoms with Crippen LogP contribution < -0.4 is 10.1 Å². The third kappa shape index (κ3) is 4.55. The zero-order chi connectivity index (χ0) is 15.2. The third-order valence-electron chi connectivity index (χ3n) is 3.50. The first kappa shape index (κ1) is 16.0. The predicted molar refractivity (Wildman–Crippen MR) is 87.3 cm³/mol. The lowest BCUT2D eigenvalue weighted by Crippen LogP contribution is -2.29. The Balaban J connectivity index is 2.05. The van der Waals surface area contributed by atoms with Crippen molar-refractivity contribution in [1.29, 1.82) is 0 Å². The second-order valence-corrected chi connectivity index (χ2v) is 5.90. The summed E-state index contributed by atoms with van der Waals surface area (Å²) in [5.74, 6) is -0.0267. The molecule has 112 valence electrons. The van der Waals surface area contributed by atoms with Crippen molar-refractivity contribution in [3.05, 3.63) is 63.9 Å². The van der Waals surface area contributed by atoms with E-state index in [9.17, 15) is 4.39 Å². The van der Waals surface area contributed by atoms with E-state index >= 15 is 0 Å². The van der Waals surface area contributed by atoms with Gasteiger partial charge in [0.1, 0.15) is 0 Å². The van der Waals surface area contributed by atoms with Crippen molar-refractivity contribution in [3.63, 3.8) is 0 Å². The summed E-state index contributed by atoms with van der Waals surface area (Å²) < 4.78 is 19.7. The number of rotatable bonds is 6. The number of halogens is 2. The van der Waals surface area contributed by atoms with Crippen LogP contribution in [0.4, 0.5) is 4.39 Å². The van der Waals surface area contributed by atoms with Gasteiger partial charge in [0.25, 0.3) is 0 Å². The van der Waals surface area contributed by atoms with Crippen LogP contribution in [0.15, 0.2) is 46.9 Å². The highest BCUT2D eigenvalue weighted by Crippen LogP contribution is 2.19. The summed E-state index contributed by atoms with van der Waals surface area (Å²) >= 11 is 3.43. The lowest BCUT2D eigenvalue weighted by atomic mass is 9.99. The average molecular weight is 352 g/mol. The molecule has 0 saturated heterocycles. The SMILES string of the molecule is CNC(Cc1ccc(Br)cc1)Cc1ccc(OC)c(F)c1. The van der Waals surface area contributed by atoms with Crippen molar-refractivity contribution in [3.8, 4) is 5.75 Å². The molecule has 1 unspecified atom stereocenters. The second kappa shape index (κ2) is 7.57. The summed E-state index contributed by atoms with van der Waals surface area (Å²) in [6, 6.07) is 13.7. The minimum atomic E-state index is -0.312. The fraction of sp³-hybridized carbons (Fsp3) is 0.294. The van der Waals surface area contributed by atoms with Crippen LogP contribution in [0.2, 0.25) is 0 Å². The van der Waals surface area contributed by atoms with Crippen molar-refractivity contribution in [2.45, 2.75) is 18.9 Å². The first-order valence-corrected chi connectivity index (χ1v) is 7.66. The van der Waals surface area contributed by atoms with Crippen LogP contribution in [0.5, 0.6) is 5.75 Å². The van der Waals surface area contributed by atoms with Gasteiger partial charge in [-0.1, -0.05) is 34.1 Å². The molecule has 0 aliphatic rings. The van der Waals surface area contributed by atoms with E-state index in [0.717, 1.165) is 22.9 Å². The molecular formula is C17H19BrFNO. The number of likely N-dealkylation sites (N-methyl/N-ethyl adjacent to an activating group) is 1. The van der Waals surface area contributed by atoms with Crippen molar-refractivity contribution in [2.75, 3.05) is 14.2 Å². The maximum absolute atomic E-state index is 13.7. The van der Waals surface area contributed by atoms with Crippen LogP contribution in [-0.2, 0) is 12.8 Å². The van der Waals surface area contributed by atoms with E-state index in [0.29, 0.717) is 0 Å². The molecule has 21 heavy (non-hydrogen) atoms. The molecule has 0 spiro atoms. The lowest BCUT2D eigenvalue weighted by molar-refractivity contribution is 0.386. The standard InChI is InChI=1S/C17H19BrFNO/c1-20-15(9-12-3-6-14(18)7-4-12)10-13-5-8-17(21-2)16(19)11-13/h3-8,11,15,20H,9-10H2,1-2H3. The van der Waals surface area contributed by atoms with Crippen LogP contribution in [0, 0.1) is 5.82 Å². The fourth-order valence-corrected chi connectivity index (χ4v) is 2.57. The molecule has 2 nitrogen and oxygen atoms in total. The van der Waals surface area contributed by atoms with Crippen molar-refractivity contribution >= 4 is 15.9 Å². The highest BCUT2D eigenvalue weighted by molar-refractivity contribution is 9.10. The Morgan fingerprint density at radius 1 is 1.10 bits per heavy atom. The number of hydrogen-bond donors (Lipinski definition) is 1. The molecule has 0 bridgehead atoms. The number of nitrogens with one attached hydrogen (secondary N) is 1. The van der Waals surface area contributed by atoms with Gasteiger partial charge in [0.05, 0.1) is 7.11 Å². The Labute approximate surface area is 133 Å². The molecule has 0 aliphatic carbocycles.